The van der Waals surface area contributed by atoms with Gasteiger partial charge in [-0.1, -0.05) is 37.3 Å². The lowest BCUT2D eigenvalue weighted by atomic mass is 10.1. The molecule has 1 aliphatic rings. The number of aryl methyl sites for hydroxylation is 2. The molecule has 6 nitrogen and oxygen atoms in total. The van der Waals surface area contributed by atoms with Crippen molar-refractivity contribution in [3.05, 3.63) is 58.6 Å². The van der Waals surface area contributed by atoms with Crippen molar-refractivity contribution in [2.75, 3.05) is 27.3 Å². The molecule has 3 aromatic rings. The smallest absolute Gasteiger partial charge is 0.265 e. The monoisotopic (exact) mass is 466 g/mol. The van der Waals surface area contributed by atoms with Gasteiger partial charge in [0, 0.05) is 31.5 Å². The minimum Gasteiger partial charge on any atom is -0.493 e. The number of methoxy groups -OCH3 is 2. The third-order valence-corrected chi connectivity index (χ3v) is 7.19. The van der Waals surface area contributed by atoms with Crippen LogP contribution in [0.2, 0.25) is 0 Å². The molecule has 7 heteroatoms. The number of hydrogen-bond acceptors (Lipinski definition) is 6. The molecule has 0 N–H and O–H groups in total. The van der Waals surface area contributed by atoms with E-state index < -0.39 is 0 Å². The molecule has 1 aliphatic heterocycles. The molecule has 1 aromatic heterocycles. The van der Waals surface area contributed by atoms with Crippen LogP contribution in [0.3, 0.4) is 0 Å². The second-order valence-corrected chi connectivity index (χ2v) is 9.08. The van der Waals surface area contributed by atoms with E-state index in [4.69, 9.17) is 14.2 Å². The highest BCUT2D eigenvalue weighted by Crippen LogP contribution is 2.38. The topological polar surface area (TPSA) is 60.9 Å². The van der Waals surface area contributed by atoms with Crippen LogP contribution >= 0.6 is 11.3 Å². The van der Waals surface area contributed by atoms with Crippen LogP contribution in [0.5, 0.6) is 17.2 Å². The number of amides is 1. The zero-order valence-electron chi connectivity index (χ0n) is 19.6. The van der Waals surface area contributed by atoms with Crippen LogP contribution in [0, 0.1) is 6.92 Å². The van der Waals surface area contributed by atoms with Gasteiger partial charge in [-0.15, -0.1) is 11.3 Å². The van der Waals surface area contributed by atoms with Gasteiger partial charge in [-0.2, -0.15) is 0 Å². The molecule has 0 bridgehead atoms. The van der Waals surface area contributed by atoms with Crippen LogP contribution < -0.4 is 14.2 Å². The number of piperidine rings is 1. The van der Waals surface area contributed by atoms with Gasteiger partial charge in [-0.25, -0.2) is 4.98 Å². The molecule has 174 valence electrons. The molecule has 0 saturated carbocycles. The number of hydrogen-bond donors (Lipinski definition) is 0. The Bertz CT molecular complexity index is 1080. The average Bonchev–Trinajstić information content (AvgIpc) is 3.25. The first-order valence-electron chi connectivity index (χ1n) is 11.3. The zero-order chi connectivity index (χ0) is 23.4. The van der Waals surface area contributed by atoms with Gasteiger partial charge < -0.3 is 19.1 Å². The maximum atomic E-state index is 13.2. The summed E-state index contributed by atoms with van der Waals surface area (Å²) in [6.07, 6.45) is 2.49. The summed E-state index contributed by atoms with van der Waals surface area (Å²) in [6.45, 7) is 5.33. The maximum absolute atomic E-state index is 13.2. The number of nitrogens with zero attached hydrogens (tertiary/aromatic N) is 2. The van der Waals surface area contributed by atoms with E-state index in [1.807, 2.05) is 30.0 Å². The number of thiazole rings is 1. The van der Waals surface area contributed by atoms with E-state index in [1.54, 1.807) is 14.2 Å². The number of ether oxygens (including phenoxy) is 3. The van der Waals surface area contributed by atoms with Gasteiger partial charge >= 0.3 is 0 Å². The lowest BCUT2D eigenvalue weighted by Crippen LogP contribution is -2.41. The van der Waals surface area contributed by atoms with Crippen LogP contribution in [0.15, 0.2) is 42.5 Å². The van der Waals surface area contributed by atoms with Crippen LogP contribution in [-0.4, -0.2) is 49.2 Å². The maximum Gasteiger partial charge on any atom is 0.265 e. The normalized spacial score (nSPS) is 14.2. The molecule has 4 rings (SSSR count). The second kappa shape index (κ2) is 10.3. The first kappa shape index (κ1) is 23.1. The third-order valence-electron chi connectivity index (χ3n) is 6.00. The Hall–Kier alpha value is -3.06. The van der Waals surface area contributed by atoms with E-state index in [0.29, 0.717) is 30.3 Å². The number of benzene rings is 2. The molecular formula is C26H30N2O4S. The van der Waals surface area contributed by atoms with Gasteiger partial charge in [0.05, 0.1) is 19.9 Å². The van der Waals surface area contributed by atoms with Crippen molar-refractivity contribution < 1.29 is 19.0 Å². The van der Waals surface area contributed by atoms with Crippen LogP contribution in [0.25, 0.3) is 10.6 Å². The molecule has 0 radical (unpaired) electrons. The summed E-state index contributed by atoms with van der Waals surface area (Å²) in [5.74, 6) is 1.96. The largest absolute Gasteiger partial charge is 0.493 e. The minimum atomic E-state index is -0.00514. The first-order chi connectivity index (χ1) is 16.0. The quantitative estimate of drug-likeness (QED) is 0.468. The summed E-state index contributed by atoms with van der Waals surface area (Å²) in [5, 5.41) is 0.889. The summed E-state index contributed by atoms with van der Waals surface area (Å²) in [6, 6.07) is 14.0. The highest BCUT2D eigenvalue weighted by Gasteiger charge is 2.28. The van der Waals surface area contributed by atoms with E-state index in [-0.39, 0.29) is 12.0 Å². The summed E-state index contributed by atoms with van der Waals surface area (Å²) in [5.41, 5.74) is 3.13. The summed E-state index contributed by atoms with van der Waals surface area (Å²) in [4.78, 5) is 20.6. The van der Waals surface area contributed by atoms with Crippen LogP contribution in [-0.2, 0) is 6.42 Å². The molecule has 2 heterocycles. The summed E-state index contributed by atoms with van der Waals surface area (Å²) < 4.78 is 17.1. The van der Waals surface area contributed by atoms with Gasteiger partial charge in [0.15, 0.2) is 11.5 Å². The van der Waals surface area contributed by atoms with Gasteiger partial charge in [0.2, 0.25) is 5.75 Å². The number of carbonyl (C=O) groups excluding carboxylic acids is 1. The highest BCUT2D eigenvalue weighted by molar-refractivity contribution is 7.17. The number of likely N-dealkylation sites (tertiary alicyclic amines) is 1. The Morgan fingerprint density at radius 1 is 1.06 bits per heavy atom. The molecule has 1 fully saturated rings. The first-order valence-corrected chi connectivity index (χ1v) is 12.1. The fourth-order valence-corrected chi connectivity index (χ4v) is 5.06. The SMILES string of the molecule is CCc1ccc(-c2nc(C)c(C(=O)N3CCC(Oc4c(OC)cccc4OC)CC3)s2)cc1. The highest BCUT2D eigenvalue weighted by atomic mass is 32.1. The molecule has 2 aromatic carbocycles. The lowest BCUT2D eigenvalue weighted by molar-refractivity contribution is 0.0588. The molecule has 0 atom stereocenters. The number of para-hydroxylation sites is 1. The second-order valence-electron chi connectivity index (χ2n) is 8.09. The van der Waals surface area contributed by atoms with Crippen molar-refractivity contribution in [2.45, 2.75) is 39.2 Å². The number of aromatic nitrogens is 1. The van der Waals surface area contributed by atoms with Crippen LogP contribution in [0.1, 0.15) is 40.7 Å². The van der Waals surface area contributed by atoms with Crippen molar-refractivity contribution in [3.63, 3.8) is 0 Å². The van der Waals surface area contributed by atoms with E-state index in [1.165, 1.54) is 16.9 Å². The fourth-order valence-electron chi connectivity index (χ4n) is 4.02. The predicted octanol–water partition coefficient (Wildman–Crippen LogP) is 5.38. The van der Waals surface area contributed by atoms with Gasteiger partial charge in [0.25, 0.3) is 5.91 Å². The van der Waals surface area contributed by atoms with Crippen molar-refractivity contribution in [2.24, 2.45) is 0 Å². The van der Waals surface area contributed by atoms with Gasteiger partial charge in [0.1, 0.15) is 16.0 Å². The van der Waals surface area contributed by atoms with E-state index >= 15 is 0 Å². The Kier molecular flexibility index (Phi) is 7.18. The van der Waals surface area contributed by atoms with E-state index in [0.717, 1.165) is 40.4 Å². The summed E-state index contributed by atoms with van der Waals surface area (Å²) >= 11 is 1.47. The molecular weight excluding hydrogens is 436 g/mol. The molecule has 0 spiro atoms. The predicted molar refractivity (Wildman–Crippen MR) is 131 cm³/mol. The standard InChI is InChI=1S/C26H30N2O4S/c1-5-18-9-11-19(12-10-18)25-27-17(2)24(33-25)26(29)28-15-13-20(14-16-28)32-23-21(30-3)7-6-8-22(23)31-4/h6-12,20H,5,13-16H2,1-4H3. The Morgan fingerprint density at radius 3 is 2.27 bits per heavy atom. The van der Waals surface area contributed by atoms with Crippen molar-refractivity contribution in [1.29, 1.82) is 0 Å². The van der Waals surface area contributed by atoms with E-state index in [9.17, 15) is 4.79 Å². The summed E-state index contributed by atoms with van der Waals surface area (Å²) in [7, 11) is 3.24. The zero-order valence-corrected chi connectivity index (χ0v) is 20.4. The minimum absolute atomic E-state index is 0.00514. The fraction of sp³-hybridized carbons (Fsp3) is 0.385. The third kappa shape index (κ3) is 4.98. The van der Waals surface area contributed by atoms with Gasteiger partial charge in [-0.05, 0) is 31.0 Å². The molecule has 33 heavy (non-hydrogen) atoms. The van der Waals surface area contributed by atoms with Crippen LogP contribution in [0.4, 0.5) is 0 Å². The number of carbonyl (C=O) groups is 1. The Labute approximate surface area is 199 Å². The Balaban J connectivity index is 1.41. The molecule has 0 aliphatic carbocycles. The molecule has 0 unspecified atom stereocenters. The Morgan fingerprint density at radius 2 is 1.70 bits per heavy atom. The number of rotatable bonds is 7. The van der Waals surface area contributed by atoms with Crippen molar-refractivity contribution in [1.82, 2.24) is 9.88 Å². The van der Waals surface area contributed by atoms with Gasteiger partial charge in [-0.3, -0.25) is 4.79 Å². The lowest BCUT2D eigenvalue weighted by Gasteiger charge is -2.32. The average molecular weight is 467 g/mol. The van der Waals surface area contributed by atoms with E-state index in [2.05, 4.69) is 36.2 Å². The molecule has 1 saturated heterocycles. The van der Waals surface area contributed by atoms with Crippen molar-refractivity contribution in [3.8, 4) is 27.8 Å². The molecule has 1 amide bonds. The van der Waals surface area contributed by atoms with Crippen molar-refractivity contribution >= 4 is 17.2 Å².